The van der Waals surface area contributed by atoms with Crippen molar-refractivity contribution in [3.05, 3.63) is 83.8 Å². The zero-order valence-electron chi connectivity index (χ0n) is 19.3. The lowest BCUT2D eigenvalue weighted by molar-refractivity contribution is 0.101. The summed E-state index contributed by atoms with van der Waals surface area (Å²) in [6.45, 7) is 1.42. The van der Waals surface area contributed by atoms with E-state index < -0.39 is 10.0 Å². The van der Waals surface area contributed by atoms with E-state index in [1.807, 2.05) is 6.07 Å². The van der Waals surface area contributed by atoms with Crippen molar-refractivity contribution in [2.45, 2.75) is 11.8 Å². The average Bonchev–Trinajstić information content (AvgIpc) is 2.87. The molecule has 0 radical (unpaired) electrons. The summed E-state index contributed by atoms with van der Waals surface area (Å²) >= 11 is 0. The first kappa shape index (κ1) is 23.7. The van der Waals surface area contributed by atoms with Gasteiger partial charge in [0.2, 0.25) is 0 Å². The average molecular weight is 487 g/mol. The van der Waals surface area contributed by atoms with Crippen LogP contribution in [0.5, 0.6) is 5.75 Å². The van der Waals surface area contributed by atoms with Gasteiger partial charge in [-0.2, -0.15) is 0 Å². The highest BCUT2D eigenvalue weighted by Gasteiger charge is 2.20. The van der Waals surface area contributed by atoms with Gasteiger partial charge in [-0.25, -0.2) is 8.42 Å². The van der Waals surface area contributed by atoms with Crippen LogP contribution < -0.4 is 14.8 Å². The van der Waals surface area contributed by atoms with Crippen molar-refractivity contribution in [3.63, 3.8) is 0 Å². The minimum atomic E-state index is -3.98. The Bertz CT molecular complexity index is 1600. The first-order valence-electron chi connectivity index (χ1n) is 10.6. The van der Waals surface area contributed by atoms with Gasteiger partial charge in [-0.3, -0.25) is 19.5 Å². The molecule has 0 aliphatic rings. The van der Waals surface area contributed by atoms with Crippen molar-refractivity contribution in [2.75, 3.05) is 24.2 Å². The monoisotopic (exact) mass is 486 g/mol. The fraction of sp³-hybridized carbons (Fsp3) is 0.115. The summed E-state index contributed by atoms with van der Waals surface area (Å²) in [6, 6.07) is 15.1. The second-order valence-corrected chi connectivity index (χ2v) is 9.14. The highest BCUT2D eigenvalue weighted by atomic mass is 32.2. The number of nitrogens with zero attached hydrogens (tertiary/aromatic N) is 2. The molecule has 0 amide bonds. The topological polar surface area (TPSA) is 110 Å². The van der Waals surface area contributed by atoms with E-state index in [1.54, 1.807) is 49.6 Å². The van der Waals surface area contributed by atoms with Gasteiger partial charge < -0.3 is 10.1 Å². The van der Waals surface area contributed by atoms with E-state index >= 15 is 0 Å². The molecule has 8 nitrogen and oxygen atoms in total. The molecule has 4 rings (SSSR count). The van der Waals surface area contributed by atoms with Gasteiger partial charge in [0, 0.05) is 49.1 Å². The number of hydrogen-bond donors (Lipinski definition) is 2. The summed E-state index contributed by atoms with van der Waals surface area (Å²) in [5.74, 6) is 6.14. The highest BCUT2D eigenvalue weighted by molar-refractivity contribution is 7.93. The van der Waals surface area contributed by atoms with Crippen molar-refractivity contribution >= 4 is 38.1 Å². The number of ether oxygens (including phenoxy) is 1. The van der Waals surface area contributed by atoms with Gasteiger partial charge in [-0.05, 0) is 24.3 Å². The van der Waals surface area contributed by atoms with E-state index in [4.69, 9.17) is 4.74 Å². The predicted octanol–water partition coefficient (Wildman–Crippen LogP) is 4.08. The number of ketones is 1. The third kappa shape index (κ3) is 4.93. The molecule has 0 saturated heterocycles. The largest absolute Gasteiger partial charge is 0.495 e. The number of Topliss-reactive ketones (excluding diaryl/α,β-unsaturated/α-hetero) is 1. The number of aromatic nitrogens is 2. The lowest BCUT2D eigenvalue weighted by Crippen LogP contribution is -2.14. The molecular weight excluding hydrogens is 464 g/mol. The van der Waals surface area contributed by atoms with Gasteiger partial charge in [-0.15, -0.1) is 0 Å². The lowest BCUT2D eigenvalue weighted by Gasteiger charge is -2.13. The van der Waals surface area contributed by atoms with Crippen molar-refractivity contribution in [2.24, 2.45) is 0 Å². The lowest BCUT2D eigenvalue weighted by atomic mass is 10.1. The molecule has 0 aliphatic carbocycles. The fourth-order valence-corrected chi connectivity index (χ4v) is 4.74. The Kier molecular flexibility index (Phi) is 6.66. The summed E-state index contributed by atoms with van der Waals surface area (Å²) < 4.78 is 34.7. The van der Waals surface area contributed by atoms with Crippen LogP contribution in [0.2, 0.25) is 0 Å². The van der Waals surface area contributed by atoms with Crippen LogP contribution in [0.4, 0.5) is 11.4 Å². The van der Waals surface area contributed by atoms with Crippen molar-refractivity contribution in [3.8, 4) is 17.6 Å². The molecule has 2 N–H and O–H groups in total. The van der Waals surface area contributed by atoms with Crippen molar-refractivity contribution in [1.29, 1.82) is 0 Å². The number of para-hydroxylation sites is 2. The van der Waals surface area contributed by atoms with Crippen LogP contribution >= 0.6 is 0 Å². The second kappa shape index (κ2) is 9.83. The van der Waals surface area contributed by atoms with Gasteiger partial charge >= 0.3 is 0 Å². The maximum Gasteiger partial charge on any atom is 0.264 e. The second-order valence-electron chi connectivity index (χ2n) is 7.49. The third-order valence-corrected chi connectivity index (χ3v) is 6.64. The SMILES string of the molecule is CNc1ccnc2c(S(=O)(=O)Nc3ccccc3C#Cc3cnc(C(C)=O)cc3OC)cccc12. The van der Waals surface area contributed by atoms with Crippen LogP contribution in [0.15, 0.2) is 71.9 Å². The number of methoxy groups -OCH3 is 1. The van der Waals surface area contributed by atoms with Gasteiger partial charge in [0.05, 0.1) is 23.9 Å². The number of hydrogen-bond acceptors (Lipinski definition) is 7. The Labute approximate surface area is 203 Å². The first-order valence-corrected chi connectivity index (χ1v) is 12.1. The van der Waals surface area contributed by atoms with Crippen LogP contribution in [0, 0.1) is 11.8 Å². The molecule has 35 heavy (non-hydrogen) atoms. The smallest absolute Gasteiger partial charge is 0.264 e. The maximum absolute atomic E-state index is 13.4. The Morgan fingerprint density at radius 3 is 2.49 bits per heavy atom. The molecule has 0 aliphatic heterocycles. The molecule has 0 atom stereocenters. The molecule has 0 bridgehead atoms. The molecule has 2 heterocycles. The number of rotatable bonds is 6. The minimum absolute atomic E-state index is 0.0561. The predicted molar refractivity (Wildman–Crippen MR) is 135 cm³/mol. The van der Waals surface area contributed by atoms with Gasteiger partial charge in [-0.1, -0.05) is 36.1 Å². The number of anilines is 2. The summed E-state index contributed by atoms with van der Waals surface area (Å²) in [5, 5.41) is 3.75. The minimum Gasteiger partial charge on any atom is -0.495 e. The quantitative estimate of drug-likeness (QED) is 0.312. The van der Waals surface area contributed by atoms with E-state index in [1.165, 1.54) is 32.4 Å². The maximum atomic E-state index is 13.4. The van der Waals surface area contributed by atoms with Gasteiger partial charge in [0.15, 0.2) is 5.78 Å². The van der Waals surface area contributed by atoms with E-state index in [2.05, 4.69) is 31.8 Å². The molecular formula is C26H22N4O4S. The van der Waals surface area contributed by atoms with Crippen LogP contribution in [0.25, 0.3) is 10.9 Å². The van der Waals surface area contributed by atoms with Crippen LogP contribution in [-0.4, -0.2) is 38.3 Å². The van der Waals surface area contributed by atoms with Crippen LogP contribution in [0.3, 0.4) is 0 Å². The Balaban J connectivity index is 1.72. The summed E-state index contributed by atoms with van der Waals surface area (Å²) in [4.78, 5) is 20.1. The number of sulfonamides is 1. The number of benzene rings is 2. The number of carbonyl (C=O) groups excluding carboxylic acids is 1. The van der Waals surface area contributed by atoms with Crippen LogP contribution in [0.1, 0.15) is 28.5 Å². The highest BCUT2D eigenvalue weighted by Crippen LogP contribution is 2.28. The molecule has 0 unspecified atom stereocenters. The molecule has 2 aromatic heterocycles. The molecule has 4 aromatic rings. The number of fused-ring (bicyclic) bond motifs is 1. The van der Waals surface area contributed by atoms with Crippen LogP contribution in [-0.2, 0) is 10.0 Å². The van der Waals surface area contributed by atoms with Gasteiger partial charge in [0.1, 0.15) is 16.3 Å². The molecule has 176 valence electrons. The zero-order chi connectivity index (χ0) is 25.0. The summed E-state index contributed by atoms with van der Waals surface area (Å²) in [6.07, 6.45) is 3.02. The Hall–Kier alpha value is -4.42. The summed E-state index contributed by atoms with van der Waals surface area (Å²) in [5.41, 5.74) is 2.64. The van der Waals surface area contributed by atoms with Gasteiger partial charge in [0.25, 0.3) is 10.0 Å². The van der Waals surface area contributed by atoms with E-state index in [0.717, 1.165) is 5.69 Å². The van der Waals surface area contributed by atoms with Crippen molar-refractivity contribution in [1.82, 2.24) is 9.97 Å². The molecule has 9 heteroatoms. The van der Waals surface area contributed by atoms with E-state index in [0.29, 0.717) is 33.5 Å². The standard InChI is InChI=1S/C26H22N4O4S/c1-17(31)23-15-24(34-3)19(16-29-23)12-11-18-7-4-5-9-21(18)30-35(32,33)25-10-6-8-20-22(27-2)13-14-28-26(20)25/h4-10,13-16,30H,1-3H3,(H,27,28). The fourth-order valence-electron chi connectivity index (χ4n) is 3.49. The number of nitrogens with one attached hydrogen (secondary N) is 2. The van der Waals surface area contributed by atoms with Crippen molar-refractivity contribution < 1.29 is 17.9 Å². The molecule has 2 aromatic carbocycles. The molecule has 0 fully saturated rings. The van der Waals surface area contributed by atoms with E-state index in [-0.39, 0.29) is 16.4 Å². The molecule has 0 spiro atoms. The first-order chi connectivity index (χ1) is 16.8. The normalized spacial score (nSPS) is 10.8. The Morgan fingerprint density at radius 1 is 0.971 bits per heavy atom. The van der Waals surface area contributed by atoms with E-state index in [9.17, 15) is 13.2 Å². The Morgan fingerprint density at radius 2 is 1.74 bits per heavy atom. The number of carbonyl (C=O) groups is 1. The third-order valence-electron chi connectivity index (χ3n) is 5.24. The summed E-state index contributed by atoms with van der Waals surface area (Å²) in [7, 11) is -0.739. The molecule has 0 saturated carbocycles. The number of pyridine rings is 2. The zero-order valence-corrected chi connectivity index (χ0v) is 20.1.